The minimum atomic E-state index is -0.333. The fraction of sp³-hybridized carbons (Fsp3) is 0.600. The van der Waals surface area contributed by atoms with E-state index < -0.39 is 0 Å². The molecule has 2 atom stereocenters. The summed E-state index contributed by atoms with van der Waals surface area (Å²) in [7, 11) is 0. The molecule has 1 aliphatic rings. The van der Waals surface area contributed by atoms with Crippen LogP contribution in [0.5, 0.6) is 0 Å². The van der Waals surface area contributed by atoms with Crippen molar-refractivity contribution in [3.63, 3.8) is 0 Å². The lowest BCUT2D eigenvalue weighted by atomic mass is 10.1. The molecule has 1 fully saturated rings. The van der Waals surface area contributed by atoms with Gasteiger partial charge in [-0.25, -0.2) is 4.79 Å². The third kappa shape index (κ3) is 2.44. The average Bonchev–Trinajstić information content (AvgIpc) is 3.08. The van der Waals surface area contributed by atoms with Crippen molar-refractivity contribution in [1.29, 1.82) is 0 Å². The Kier molecular flexibility index (Phi) is 3.78. The molecule has 0 N–H and O–H groups in total. The molecular weight excluding hydrogens is 242 g/mol. The van der Waals surface area contributed by atoms with Crippen molar-refractivity contribution in [3.05, 3.63) is 33.2 Å². The minimum Gasteiger partial charge on any atom is -0.462 e. The van der Waals surface area contributed by atoms with E-state index in [1.54, 1.807) is 24.5 Å². The van der Waals surface area contributed by atoms with Crippen LogP contribution in [0, 0.1) is 19.8 Å². The molecular formula is C15H21NO3. The van der Waals surface area contributed by atoms with Crippen LogP contribution >= 0.6 is 0 Å². The second kappa shape index (κ2) is 5.19. The predicted molar refractivity (Wildman–Crippen MR) is 73.6 cm³/mol. The van der Waals surface area contributed by atoms with Gasteiger partial charge in [-0.1, -0.05) is 13.3 Å². The van der Waals surface area contributed by atoms with E-state index in [9.17, 15) is 9.59 Å². The summed E-state index contributed by atoms with van der Waals surface area (Å²) in [6.45, 7) is 7.89. The Labute approximate surface area is 113 Å². The summed E-state index contributed by atoms with van der Waals surface area (Å²) in [6, 6.07) is 1.80. The smallest absolute Gasteiger partial charge is 0.340 e. The van der Waals surface area contributed by atoms with Gasteiger partial charge in [0.25, 0.3) is 5.56 Å². The standard InChI is InChI=1S/C15H21NO3/c1-5-11-8-12(11)16-10(4)14(15(18)19-6-2)9(3)7-13(16)17/h7,11-12H,5-6,8H2,1-4H3. The molecule has 4 heteroatoms. The zero-order valence-corrected chi connectivity index (χ0v) is 12.0. The van der Waals surface area contributed by atoms with Crippen LogP contribution in [0.1, 0.15) is 54.3 Å². The van der Waals surface area contributed by atoms with Crippen LogP contribution in [0.3, 0.4) is 0 Å². The lowest BCUT2D eigenvalue weighted by molar-refractivity contribution is 0.0523. The maximum absolute atomic E-state index is 12.1. The van der Waals surface area contributed by atoms with Crippen LogP contribution in [-0.4, -0.2) is 17.1 Å². The summed E-state index contributed by atoms with van der Waals surface area (Å²) in [5.41, 5.74) is 1.97. The van der Waals surface area contributed by atoms with Gasteiger partial charge in [0.2, 0.25) is 0 Å². The average molecular weight is 263 g/mol. The molecule has 104 valence electrons. The van der Waals surface area contributed by atoms with E-state index in [4.69, 9.17) is 4.74 Å². The first-order chi connectivity index (χ1) is 9.01. The third-order valence-corrected chi connectivity index (χ3v) is 3.92. The van der Waals surface area contributed by atoms with Crippen molar-refractivity contribution in [3.8, 4) is 0 Å². The monoisotopic (exact) mass is 263 g/mol. The molecule has 0 bridgehead atoms. The molecule has 1 aromatic heterocycles. The fourth-order valence-electron chi connectivity index (χ4n) is 2.81. The van der Waals surface area contributed by atoms with E-state index in [0.717, 1.165) is 18.5 Å². The SMILES string of the molecule is CCOC(=O)c1c(C)cc(=O)n(C2CC2CC)c1C. The Morgan fingerprint density at radius 1 is 1.42 bits per heavy atom. The first-order valence-corrected chi connectivity index (χ1v) is 6.91. The first kappa shape index (κ1) is 13.8. The molecule has 19 heavy (non-hydrogen) atoms. The zero-order chi connectivity index (χ0) is 14.2. The molecule has 0 saturated heterocycles. The van der Waals surface area contributed by atoms with Crippen molar-refractivity contribution < 1.29 is 9.53 Å². The maximum atomic E-state index is 12.1. The Balaban J connectivity index is 2.48. The van der Waals surface area contributed by atoms with Gasteiger partial charge in [-0.2, -0.15) is 0 Å². The largest absolute Gasteiger partial charge is 0.462 e. The lowest BCUT2D eigenvalue weighted by Gasteiger charge is -2.15. The van der Waals surface area contributed by atoms with E-state index >= 15 is 0 Å². The Hall–Kier alpha value is -1.58. The summed E-state index contributed by atoms with van der Waals surface area (Å²) in [5, 5.41) is 0. The highest BCUT2D eigenvalue weighted by atomic mass is 16.5. The Morgan fingerprint density at radius 2 is 2.11 bits per heavy atom. The summed E-state index contributed by atoms with van der Waals surface area (Å²) >= 11 is 0. The second-order valence-electron chi connectivity index (χ2n) is 5.19. The number of aryl methyl sites for hydroxylation is 1. The van der Waals surface area contributed by atoms with Crippen LogP contribution in [0.2, 0.25) is 0 Å². The number of rotatable bonds is 4. The van der Waals surface area contributed by atoms with Crippen LogP contribution < -0.4 is 5.56 Å². The molecule has 1 aromatic rings. The van der Waals surface area contributed by atoms with Gasteiger partial charge in [0, 0.05) is 17.8 Å². The first-order valence-electron chi connectivity index (χ1n) is 6.91. The second-order valence-corrected chi connectivity index (χ2v) is 5.19. The van der Waals surface area contributed by atoms with Crippen LogP contribution in [-0.2, 0) is 4.74 Å². The minimum absolute atomic E-state index is 0.0102. The van der Waals surface area contributed by atoms with Crippen molar-refractivity contribution in [2.24, 2.45) is 5.92 Å². The van der Waals surface area contributed by atoms with Crippen molar-refractivity contribution in [2.75, 3.05) is 6.61 Å². The molecule has 4 nitrogen and oxygen atoms in total. The third-order valence-electron chi connectivity index (χ3n) is 3.92. The van der Waals surface area contributed by atoms with E-state index in [2.05, 4.69) is 6.92 Å². The number of esters is 1. The number of carbonyl (C=O) groups is 1. The highest BCUT2D eigenvalue weighted by Gasteiger charge is 2.39. The number of nitrogens with zero attached hydrogens (tertiary/aromatic N) is 1. The van der Waals surface area contributed by atoms with Crippen LogP contribution in [0.4, 0.5) is 0 Å². The van der Waals surface area contributed by atoms with Gasteiger partial charge >= 0.3 is 5.97 Å². The number of hydrogen-bond acceptors (Lipinski definition) is 3. The molecule has 0 amide bonds. The summed E-state index contributed by atoms with van der Waals surface area (Å²) in [6.07, 6.45) is 2.10. The molecule has 0 aromatic carbocycles. The summed E-state index contributed by atoms with van der Waals surface area (Å²) < 4.78 is 6.85. The molecule has 0 spiro atoms. The number of hydrogen-bond donors (Lipinski definition) is 0. The van der Waals surface area contributed by atoms with Gasteiger partial charge in [-0.15, -0.1) is 0 Å². The van der Waals surface area contributed by atoms with E-state index in [-0.39, 0.29) is 17.6 Å². The predicted octanol–water partition coefficient (Wildman–Crippen LogP) is 2.61. The van der Waals surface area contributed by atoms with Gasteiger partial charge in [0.1, 0.15) is 0 Å². The van der Waals surface area contributed by atoms with Crippen molar-refractivity contribution >= 4 is 5.97 Å². The number of aromatic nitrogens is 1. The number of carbonyl (C=O) groups excluding carboxylic acids is 1. The van der Waals surface area contributed by atoms with E-state index in [1.807, 2.05) is 6.92 Å². The summed E-state index contributed by atoms with van der Waals surface area (Å²) in [4.78, 5) is 24.2. The van der Waals surface area contributed by atoms with Gasteiger partial charge in [-0.3, -0.25) is 4.79 Å². The normalized spacial score (nSPS) is 21.3. The highest BCUT2D eigenvalue weighted by Crippen LogP contribution is 2.45. The highest BCUT2D eigenvalue weighted by molar-refractivity contribution is 5.92. The molecule has 0 radical (unpaired) electrons. The van der Waals surface area contributed by atoms with Crippen molar-refractivity contribution in [2.45, 2.75) is 46.6 Å². The molecule has 1 saturated carbocycles. The number of pyridine rings is 1. The molecule has 1 heterocycles. The molecule has 0 aliphatic heterocycles. The number of ether oxygens (including phenoxy) is 1. The lowest BCUT2D eigenvalue weighted by Crippen LogP contribution is -2.26. The molecule has 1 aliphatic carbocycles. The topological polar surface area (TPSA) is 48.3 Å². The van der Waals surface area contributed by atoms with Crippen LogP contribution in [0.25, 0.3) is 0 Å². The maximum Gasteiger partial charge on any atom is 0.340 e. The zero-order valence-electron chi connectivity index (χ0n) is 12.0. The van der Waals surface area contributed by atoms with E-state index in [1.165, 1.54) is 0 Å². The van der Waals surface area contributed by atoms with Crippen LogP contribution in [0.15, 0.2) is 10.9 Å². The van der Waals surface area contributed by atoms with Gasteiger partial charge < -0.3 is 9.30 Å². The molecule has 2 unspecified atom stereocenters. The quantitative estimate of drug-likeness (QED) is 0.784. The Bertz CT molecular complexity index is 559. The van der Waals surface area contributed by atoms with Gasteiger partial charge in [-0.05, 0) is 38.7 Å². The van der Waals surface area contributed by atoms with Gasteiger partial charge in [0.05, 0.1) is 12.2 Å². The Morgan fingerprint density at radius 3 is 2.63 bits per heavy atom. The van der Waals surface area contributed by atoms with Gasteiger partial charge in [0.15, 0.2) is 0 Å². The van der Waals surface area contributed by atoms with E-state index in [0.29, 0.717) is 23.7 Å². The molecule has 2 rings (SSSR count). The summed E-state index contributed by atoms with van der Waals surface area (Å²) in [5.74, 6) is 0.231. The van der Waals surface area contributed by atoms with Crippen molar-refractivity contribution in [1.82, 2.24) is 4.57 Å². The fourth-order valence-corrected chi connectivity index (χ4v) is 2.81.